The van der Waals surface area contributed by atoms with Crippen LogP contribution in [0.25, 0.3) is 0 Å². The zero-order valence-corrected chi connectivity index (χ0v) is 12.4. The Morgan fingerprint density at radius 1 is 1.40 bits per heavy atom. The second-order valence-electron chi connectivity index (χ2n) is 4.35. The largest absolute Gasteiger partial charge is 0.310 e. The van der Waals surface area contributed by atoms with Crippen LogP contribution in [0.2, 0.25) is 0 Å². The zero-order chi connectivity index (χ0) is 14.5. The third kappa shape index (κ3) is 3.65. The van der Waals surface area contributed by atoms with Gasteiger partial charge in [-0.05, 0) is 52.2 Å². The van der Waals surface area contributed by atoms with Crippen LogP contribution in [0.4, 0.5) is 5.82 Å². The van der Waals surface area contributed by atoms with Gasteiger partial charge in [0.1, 0.15) is 5.82 Å². The topological polar surface area (TPSA) is 65.8 Å². The van der Waals surface area contributed by atoms with Crippen molar-refractivity contribution in [1.29, 1.82) is 5.26 Å². The van der Waals surface area contributed by atoms with Gasteiger partial charge in [-0.25, -0.2) is 4.98 Å². The van der Waals surface area contributed by atoms with Gasteiger partial charge in [-0.15, -0.1) is 0 Å². The van der Waals surface area contributed by atoms with Crippen LogP contribution in [-0.4, -0.2) is 10.9 Å². The zero-order valence-electron chi connectivity index (χ0n) is 10.9. The Bertz CT molecular complexity index is 675. The molecule has 0 saturated carbocycles. The predicted molar refractivity (Wildman–Crippen MR) is 80.2 cm³/mol. The molecule has 1 heterocycles. The minimum atomic E-state index is -0.135. The first-order chi connectivity index (χ1) is 9.58. The first-order valence-corrected chi connectivity index (χ1v) is 6.79. The molecule has 0 aliphatic rings. The van der Waals surface area contributed by atoms with Crippen LogP contribution in [0.3, 0.4) is 0 Å². The molecule has 1 aromatic carbocycles. The van der Waals surface area contributed by atoms with Crippen molar-refractivity contribution in [2.45, 2.75) is 13.3 Å². The van der Waals surface area contributed by atoms with Crippen molar-refractivity contribution in [1.82, 2.24) is 4.98 Å². The molecule has 0 fully saturated rings. The maximum Gasteiger partial charge on any atom is 0.229 e. The molecule has 0 aliphatic heterocycles. The summed E-state index contributed by atoms with van der Waals surface area (Å²) in [4.78, 5) is 16.0. The van der Waals surface area contributed by atoms with Crippen LogP contribution in [0.1, 0.15) is 16.7 Å². The summed E-state index contributed by atoms with van der Waals surface area (Å²) in [7, 11) is 0. The molecular weight excluding hydrogens is 318 g/mol. The second kappa shape index (κ2) is 6.31. The lowest BCUT2D eigenvalue weighted by Crippen LogP contribution is -2.15. The fraction of sp³-hybridized carbons (Fsp3) is 0.133. The standard InChI is InChI=1S/C15H12BrN3O/c1-10-6-14(18-9-13(10)16)19-15(20)7-11-2-4-12(8-17)5-3-11/h2-6,9H,7H2,1H3,(H,18,19,20). The maximum absolute atomic E-state index is 11.9. The van der Waals surface area contributed by atoms with Crippen molar-refractivity contribution >= 4 is 27.7 Å². The Labute approximate surface area is 125 Å². The van der Waals surface area contributed by atoms with Crippen LogP contribution >= 0.6 is 15.9 Å². The Balaban J connectivity index is 2.01. The number of amides is 1. The molecule has 0 bridgehead atoms. The quantitative estimate of drug-likeness (QED) is 0.940. The van der Waals surface area contributed by atoms with Crippen LogP contribution < -0.4 is 5.32 Å². The second-order valence-corrected chi connectivity index (χ2v) is 5.21. The van der Waals surface area contributed by atoms with E-state index in [1.165, 1.54) is 0 Å². The number of anilines is 1. The van der Waals surface area contributed by atoms with Gasteiger partial charge in [-0.2, -0.15) is 5.26 Å². The van der Waals surface area contributed by atoms with Crippen LogP contribution in [0, 0.1) is 18.3 Å². The van der Waals surface area contributed by atoms with E-state index in [9.17, 15) is 4.79 Å². The summed E-state index contributed by atoms with van der Waals surface area (Å²) in [6.45, 7) is 1.93. The molecule has 0 unspecified atom stereocenters. The number of hydrogen-bond donors (Lipinski definition) is 1. The number of pyridine rings is 1. The first kappa shape index (κ1) is 14.2. The van der Waals surface area contributed by atoms with E-state index in [2.05, 4.69) is 26.2 Å². The number of carbonyl (C=O) groups excluding carboxylic acids is 1. The molecule has 4 nitrogen and oxygen atoms in total. The van der Waals surface area contributed by atoms with Crippen LogP contribution in [0.5, 0.6) is 0 Å². The molecule has 1 amide bonds. The molecule has 0 atom stereocenters. The van der Waals surface area contributed by atoms with Gasteiger partial charge in [-0.1, -0.05) is 12.1 Å². The Hall–Kier alpha value is -2.19. The lowest BCUT2D eigenvalue weighted by Gasteiger charge is -2.06. The summed E-state index contributed by atoms with van der Waals surface area (Å²) >= 11 is 3.36. The van der Waals surface area contributed by atoms with Crippen molar-refractivity contribution in [2.24, 2.45) is 0 Å². The summed E-state index contributed by atoms with van der Waals surface area (Å²) < 4.78 is 0.905. The lowest BCUT2D eigenvalue weighted by molar-refractivity contribution is -0.115. The van der Waals surface area contributed by atoms with Crippen molar-refractivity contribution < 1.29 is 4.79 Å². The molecule has 0 radical (unpaired) electrons. The highest BCUT2D eigenvalue weighted by atomic mass is 79.9. The van der Waals surface area contributed by atoms with Crippen LogP contribution in [0.15, 0.2) is 41.0 Å². The fourth-order valence-electron chi connectivity index (χ4n) is 1.68. The number of carbonyl (C=O) groups is 1. The third-order valence-corrected chi connectivity index (χ3v) is 3.59. The van der Waals surface area contributed by atoms with Crippen molar-refractivity contribution in [3.63, 3.8) is 0 Å². The van der Waals surface area contributed by atoms with E-state index in [1.807, 2.05) is 13.0 Å². The number of halogens is 1. The van der Waals surface area contributed by atoms with Gasteiger partial charge in [0.05, 0.1) is 18.1 Å². The molecule has 2 aromatic rings. The van der Waals surface area contributed by atoms with E-state index in [4.69, 9.17) is 5.26 Å². The molecule has 5 heteroatoms. The molecule has 0 spiro atoms. The number of hydrogen-bond acceptors (Lipinski definition) is 3. The summed E-state index contributed by atoms with van der Waals surface area (Å²) in [5, 5.41) is 11.5. The SMILES string of the molecule is Cc1cc(NC(=O)Cc2ccc(C#N)cc2)ncc1Br. The van der Waals surface area contributed by atoms with Crippen molar-refractivity contribution in [3.8, 4) is 6.07 Å². The summed E-state index contributed by atoms with van der Waals surface area (Å²) in [6, 6.07) is 10.8. The molecule has 1 aromatic heterocycles. The number of aryl methyl sites for hydroxylation is 1. The highest BCUT2D eigenvalue weighted by molar-refractivity contribution is 9.10. The van der Waals surface area contributed by atoms with Gasteiger partial charge in [0.25, 0.3) is 0 Å². The molecule has 100 valence electrons. The molecule has 2 rings (SSSR count). The van der Waals surface area contributed by atoms with Gasteiger partial charge in [0.15, 0.2) is 0 Å². The molecule has 0 aliphatic carbocycles. The van der Waals surface area contributed by atoms with E-state index in [0.29, 0.717) is 11.4 Å². The monoisotopic (exact) mass is 329 g/mol. The molecule has 20 heavy (non-hydrogen) atoms. The third-order valence-electron chi connectivity index (χ3n) is 2.76. The lowest BCUT2D eigenvalue weighted by atomic mass is 10.1. The van der Waals surface area contributed by atoms with Gasteiger partial charge >= 0.3 is 0 Å². The minimum Gasteiger partial charge on any atom is -0.310 e. The summed E-state index contributed by atoms with van der Waals surface area (Å²) in [5.74, 6) is 0.397. The van der Waals surface area contributed by atoms with Gasteiger partial charge < -0.3 is 5.32 Å². The minimum absolute atomic E-state index is 0.135. The number of nitrogens with zero attached hydrogens (tertiary/aromatic N) is 2. The van der Waals surface area contributed by atoms with E-state index in [-0.39, 0.29) is 12.3 Å². The van der Waals surface area contributed by atoms with Crippen molar-refractivity contribution in [2.75, 3.05) is 5.32 Å². The van der Waals surface area contributed by atoms with Crippen molar-refractivity contribution in [3.05, 3.63) is 57.7 Å². The number of benzene rings is 1. The molecular formula is C15H12BrN3O. The van der Waals surface area contributed by atoms with E-state index >= 15 is 0 Å². The smallest absolute Gasteiger partial charge is 0.229 e. The number of aromatic nitrogens is 1. The number of rotatable bonds is 3. The van der Waals surface area contributed by atoms with Gasteiger partial charge in [-0.3, -0.25) is 4.79 Å². The van der Waals surface area contributed by atoms with Gasteiger partial charge in [0, 0.05) is 10.7 Å². The van der Waals surface area contributed by atoms with Gasteiger partial charge in [0.2, 0.25) is 5.91 Å². The maximum atomic E-state index is 11.9. The molecule has 1 N–H and O–H groups in total. The predicted octanol–water partition coefficient (Wildman–Crippen LogP) is 3.21. The summed E-state index contributed by atoms with van der Waals surface area (Å²) in [5.41, 5.74) is 2.45. The van der Waals surface area contributed by atoms with E-state index < -0.39 is 0 Å². The Kier molecular flexibility index (Phi) is 4.49. The van der Waals surface area contributed by atoms with E-state index in [1.54, 1.807) is 36.5 Å². The normalized spacial score (nSPS) is 9.85. The van der Waals surface area contributed by atoms with Crippen LogP contribution in [-0.2, 0) is 11.2 Å². The Morgan fingerprint density at radius 2 is 2.10 bits per heavy atom. The average molecular weight is 330 g/mol. The summed E-state index contributed by atoms with van der Waals surface area (Å²) in [6.07, 6.45) is 1.91. The number of nitriles is 1. The van der Waals surface area contributed by atoms with E-state index in [0.717, 1.165) is 15.6 Å². The highest BCUT2D eigenvalue weighted by Gasteiger charge is 2.06. The molecule has 0 saturated heterocycles. The first-order valence-electron chi connectivity index (χ1n) is 5.99. The average Bonchev–Trinajstić information content (AvgIpc) is 2.44. The Morgan fingerprint density at radius 3 is 2.70 bits per heavy atom. The highest BCUT2D eigenvalue weighted by Crippen LogP contribution is 2.17. The fourth-order valence-corrected chi connectivity index (χ4v) is 1.89. The number of nitrogens with one attached hydrogen (secondary N) is 1.